The second-order valence-electron chi connectivity index (χ2n) is 4.63. The third-order valence-electron chi connectivity index (χ3n) is 2.88. The molecule has 0 saturated carbocycles. The van der Waals surface area contributed by atoms with Crippen molar-refractivity contribution < 1.29 is 19.7 Å². The lowest BCUT2D eigenvalue weighted by atomic mass is 9.97. The van der Waals surface area contributed by atoms with Crippen LogP contribution in [0.3, 0.4) is 0 Å². The molecule has 0 fully saturated rings. The fraction of sp³-hybridized carbons (Fsp3) is 0.500. The molecular weight excluding hydrogens is 232 g/mol. The zero-order valence-electron chi connectivity index (χ0n) is 11.1. The lowest BCUT2D eigenvalue weighted by molar-refractivity contribution is -0.137. The normalized spacial score (nSPS) is 10.7. The van der Waals surface area contributed by atoms with Gasteiger partial charge in [-0.05, 0) is 36.0 Å². The van der Waals surface area contributed by atoms with Crippen LogP contribution < -0.4 is 4.74 Å². The summed E-state index contributed by atoms with van der Waals surface area (Å²) < 4.78 is 5.17. The molecule has 0 aromatic heterocycles. The lowest BCUT2D eigenvalue weighted by Crippen LogP contribution is -2.00. The van der Waals surface area contributed by atoms with Crippen LogP contribution in [-0.2, 0) is 11.2 Å². The molecule has 0 spiro atoms. The molecule has 0 amide bonds. The fourth-order valence-electron chi connectivity index (χ4n) is 1.88. The first-order valence-electron chi connectivity index (χ1n) is 6.07. The van der Waals surface area contributed by atoms with Gasteiger partial charge in [-0.25, -0.2) is 0 Å². The average Bonchev–Trinajstić information content (AvgIpc) is 2.27. The molecule has 1 aromatic carbocycles. The van der Waals surface area contributed by atoms with Gasteiger partial charge in [0, 0.05) is 6.42 Å². The number of hydrogen-bond donors (Lipinski definition) is 2. The number of carbonyl (C=O) groups is 1. The van der Waals surface area contributed by atoms with Crippen LogP contribution in [0.15, 0.2) is 12.1 Å². The van der Waals surface area contributed by atoms with Gasteiger partial charge in [-0.3, -0.25) is 4.79 Å². The Balaban J connectivity index is 2.95. The highest BCUT2D eigenvalue weighted by Crippen LogP contribution is 2.34. The van der Waals surface area contributed by atoms with Crippen LogP contribution in [-0.4, -0.2) is 23.3 Å². The summed E-state index contributed by atoms with van der Waals surface area (Å²) in [5, 5.41) is 18.5. The highest BCUT2D eigenvalue weighted by molar-refractivity contribution is 5.66. The van der Waals surface area contributed by atoms with Gasteiger partial charge in [0.05, 0.1) is 7.11 Å². The first kappa shape index (κ1) is 14.4. The second kappa shape index (κ2) is 6.28. The average molecular weight is 252 g/mol. The largest absolute Gasteiger partial charge is 0.504 e. The van der Waals surface area contributed by atoms with E-state index >= 15 is 0 Å². The molecule has 4 nitrogen and oxygen atoms in total. The minimum atomic E-state index is -0.807. The van der Waals surface area contributed by atoms with E-state index in [4.69, 9.17) is 9.84 Å². The first-order chi connectivity index (χ1) is 8.45. The van der Waals surface area contributed by atoms with Gasteiger partial charge in [0.15, 0.2) is 11.5 Å². The minimum absolute atomic E-state index is 0.119. The molecule has 2 N–H and O–H groups in total. The van der Waals surface area contributed by atoms with Crippen molar-refractivity contribution in [3.05, 3.63) is 23.3 Å². The van der Waals surface area contributed by atoms with Crippen molar-refractivity contribution in [2.24, 2.45) is 0 Å². The predicted molar refractivity (Wildman–Crippen MR) is 69.3 cm³/mol. The van der Waals surface area contributed by atoms with Crippen molar-refractivity contribution in [3.8, 4) is 11.5 Å². The van der Waals surface area contributed by atoms with Crippen molar-refractivity contribution in [2.45, 2.75) is 39.0 Å². The van der Waals surface area contributed by atoms with Crippen LogP contribution in [0.1, 0.15) is 43.7 Å². The van der Waals surface area contributed by atoms with E-state index in [2.05, 4.69) is 0 Å². The predicted octanol–water partition coefficient (Wildman–Crippen LogP) is 2.93. The number of carboxylic acids is 1. The molecule has 1 aromatic rings. The second-order valence-corrected chi connectivity index (χ2v) is 4.63. The monoisotopic (exact) mass is 252 g/mol. The molecule has 18 heavy (non-hydrogen) atoms. The van der Waals surface area contributed by atoms with Gasteiger partial charge in [0.1, 0.15) is 0 Å². The maximum Gasteiger partial charge on any atom is 0.303 e. The summed E-state index contributed by atoms with van der Waals surface area (Å²) in [7, 11) is 1.50. The zero-order chi connectivity index (χ0) is 13.7. The Kier molecular flexibility index (Phi) is 5.01. The number of phenols is 1. The topological polar surface area (TPSA) is 66.8 Å². The molecule has 100 valence electrons. The van der Waals surface area contributed by atoms with Crippen molar-refractivity contribution in [1.82, 2.24) is 0 Å². The number of aromatic hydroxyl groups is 1. The van der Waals surface area contributed by atoms with Gasteiger partial charge in [-0.15, -0.1) is 0 Å². The standard InChI is InChI=1S/C14H20O4/c1-9(2)11-7-10(5-4-6-13(16)17)14(18-3)12(15)8-11/h7-9,15H,4-6H2,1-3H3,(H,16,17). The highest BCUT2D eigenvalue weighted by atomic mass is 16.5. The van der Waals surface area contributed by atoms with Gasteiger partial charge < -0.3 is 14.9 Å². The number of aryl methyl sites for hydroxylation is 1. The molecule has 0 aliphatic rings. The summed E-state index contributed by atoms with van der Waals surface area (Å²) in [5.74, 6) is 0.0667. The van der Waals surface area contributed by atoms with Crippen LogP contribution in [0.25, 0.3) is 0 Å². The Morgan fingerprint density at radius 1 is 1.39 bits per heavy atom. The van der Waals surface area contributed by atoms with Crippen molar-refractivity contribution in [3.63, 3.8) is 0 Å². The van der Waals surface area contributed by atoms with Gasteiger partial charge in [0.25, 0.3) is 0 Å². The zero-order valence-corrected chi connectivity index (χ0v) is 11.1. The van der Waals surface area contributed by atoms with E-state index in [-0.39, 0.29) is 12.2 Å². The number of methoxy groups -OCH3 is 1. The van der Waals surface area contributed by atoms with Crippen LogP contribution in [0, 0.1) is 0 Å². The Labute approximate surface area is 107 Å². The number of aliphatic carboxylic acids is 1. The molecule has 0 aliphatic carbocycles. The Morgan fingerprint density at radius 3 is 2.56 bits per heavy atom. The number of ether oxygens (including phenoxy) is 1. The highest BCUT2D eigenvalue weighted by Gasteiger charge is 2.13. The summed E-state index contributed by atoms with van der Waals surface area (Å²) >= 11 is 0. The SMILES string of the molecule is COc1c(O)cc(C(C)C)cc1CCCC(=O)O. The molecule has 0 unspecified atom stereocenters. The van der Waals surface area contributed by atoms with Crippen molar-refractivity contribution in [2.75, 3.05) is 7.11 Å². The number of phenolic OH excluding ortho intramolecular Hbond substituents is 1. The van der Waals surface area contributed by atoms with Crippen LogP contribution in [0.5, 0.6) is 11.5 Å². The smallest absolute Gasteiger partial charge is 0.303 e. The molecule has 0 radical (unpaired) electrons. The van der Waals surface area contributed by atoms with E-state index in [1.807, 2.05) is 19.9 Å². The van der Waals surface area contributed by atoms with Crippen molar-refractivity contribution >= 4 is 5.97 Å². The van der Waals surface area contributed by atoms with E-state index in [1.54, 1.807) is 6.07 Å². The number of carboxylic acid groups (broad SMARTS) is 1. The van der Waals surface area contributed by atoms with Gasteiger partial charge >= 0.3 is 5.97 Å². The summed E-state index contributed by atoms with van der Waals surface area (Å²) in [6.07, 6.45) is 1.24. The van der Waals surface area contributed by atoms with E-state index in [0.717, 1.165) is 11.1 Å². The Morgan fingerprint density at radius 2 is 2.06 bits per heavy atom. The van der Waals surface area contributed by atoms with E-state index in [0.29, 0.717) is 24.5 Å². The summed E-state index contributed by atoms with van der Waals surface area (Å²) in [6.45, 7) is 4.09. The maximum atomic E-state index is 10.5. The van der Waals surface area contributed by atoms with Crippen LogP contribution in [0.2, 0.25) is 0 Å². The van der Waals surface area contributed by atoms with Gasteiger partial charge in [-0.1, -0.05) is 19.9 Å². The van der Waals surface area contributed by atoms with Crippen LogP contribution in [0.4, 0.5) is 0 Å². The van der Waals surface area contributed by atoms with E-state index in [1.165, 1.54) is 7.11 Å². The Bertz CT molecular complexity index is 424. The summed E-state index contributed by atoms with van der Waals surface area (Å²) in [5.41, 5.74) is 1.89. The third kappa shape index (κ3) is 3.65. The molecule has 4 heteroatoms. The van der Waals surface area contributed by atoms with Gasteiger partial charge in [0.2, 0.25) is 0 Å². The summed E-state index contributed by atoms with van der Waals surface area (Å²) in [4.78, 5) is 10.5. The summed E-state index contributed by atoms with van der Waals surface area (Å²) in [6, 6.07) is 3.68. The maximum absolute atomic E-state index is 10.5. The van der Waals surface area contributed by atoms with Crippen LogP contribution >= 0.6 is 0 Å². The molecule has 1 rings (SSSR count). The first-order valence-corrected chi connectivity index (χ1v) is 6.07. The molecule has 0 bridgehead atoms. The van der Waals surface area contributed by atoms with Gasteiger partial charge in [-0.2, -0.15) is 0 Å². The molecule has 0 aliphatic heterocycles. The number of benzene rings is 1. The Hall–Kier alpha value is -1.71. The molecule has 0 heterocycles. The fourth-order valence-corrected chi connectivity index (χ4v) is 1.88. The lowest BCUT2D eigenvalue weighted by Gasteiger charge is -2.14. The molecule has 0 atom stereocenters. The molecular formula is C14H20O4. The minimum Gasteiger partial charge on any atom is -0.504 e. The third-order valence-corrected chi connectivity index (χ3v) is 2.88. The molecule has 0 saturated heterocycles. The van der Waals surface area contributed by atoms with Crippen molar-refractivity contribution in [1.29, 1.82) is 0 Å². The van der Waals surface area contributed by atoms with E-state index in [9.17, 15) is 9.90 Å². The van der Waals surface area contributed by atoms with E-state index < -0.39 is 5.97 Å². The number of hydrogen-bond acceptors (Lipinski definition) is 3. The number of rotatable bonds is 6. The quantitative estimate of drug-likeness (QED) is 0.816.